The molecule has 1 rings (SSSR count). The molecule has 1 N–H and O–H groups in total. The molecule has 102 valence electrons. The summed E-state index contributed by atoms with van der Waals surface area (Å²) in [6, 6.07) is 3.85. The summed E-state index contributed by atoms with van der Waals surface area (Å²) in [6.07, 6.45) is -0.121. The van der Waals surface area contributed by atoms with Crippen LogP contribution in [-0.4, -0.2) is 38.0 Å². The Balaban J connectivity index is 0.00000289. The first-order valence-electron chi connectivity index (χ1n) is 5.37. The maximum absolute atomic E-state index is 13.3. The molecular formula is C12H17ClF2N2O. The van der Waals surface area contributed by atoms with E-state index in [-0.39, 0.29) is 30.3 Å². The number of hydrogen-bond acceptors (Lipinski definition) is 2. The molecule has 0 unspecified atom stereocenters. The molecule has 1 aromatic carbocycles. The van der Waals surface area contributed by atoms with Crippen LogP contribution in [0.2, 0.25) is 0 Å². The largest absolute Gasteiger partial charge is 0.344 e. The predicted molar refractivity (Wildman–Crippen MR) is 68.9 cm³/mol. The Hall–Kier alpha value is -1.20. The van der Waals surface area contributed by atoms with Crippen molar-refractivity contribution in [2.24, 2.45) is 0 Å². The van der Waals surface area contributed by atoms with Crippen molar-refractivity contribution in [1.82, 2.24) is 10.2 Å². The van der Waals surface area contributed by atoms with Crippen molar-refractivity contribution in [3.8, 4) is 0 Å². The molecule has 3 nitrogen and oxygen atoms in total. The van der Waals surface area contributed by atoms with Crippen molar-refractivity contribution in [3.05, 3.63) is 35.4 Å². The Bertz CT molecular complexity index is 402. The van der Waals surface area contributed by atoms with Gasteiger partial charge in [-0.3, -0.25) is 4.79 Å². The summed E-state index contributed by atoms with van der Waals surface area (Å²) >= 11 is 0. The van der Waals surface area contributed by atoms with Gasteiger partial charge >= 0.3 is 0 Å². The third kappa shape index (κ3) is 4.58. The number of halogens is 3. The van der Waals surface area contributed by atoms with Gasteiger partial charge in [0.25, 0.3) is 0 Å². The van der Waals surface area contributed by atoms with Gasteiger partial charge in [-0.2, -0.15) is 0 Å². The number of carbonyl (C=O) groups is 1. The second kappa shape index (κ2) is 8.00. The van der Waals surface area contributed by atoms with E-state index in [1.165, 1.54) is 17.0 Å². The second-order valence-electron chi connectivity index (χ2n) is 3.81. The van der Waals surface area contributed by atoms with Gasteiger partial charge in [0.15, 0.2) is 11.6 Å². The van der Waals surface area contributed by atoms with Crippen LogP contribution in [-0.2, 0) is 11.2 Å². The van der Waals surface area contributed by atoms with Crippen LogP contribution in [0.5, 0.6) is 0 Å². The molecule has 0 aliphatic heterocycles. The third-order valence-electron chi connectivity index (χ3n) is 2.50. The van der Waals surface area contributed by atoms with Crippen molar-refractivity contribution < 1.29 is 13.6 Å². The molecule has 1 amide bonds. The van der Waals surface area contributed by atoms with Crippen molar-refractivity contribution >= 4 is 18.3 Å². The van der Waals surface area contributed by atoms with Gasteiger partial charge in [0.1, 0.15) is 0 Å². The van der Waals surface area contributed by atoms with E-state index >= 15 is 0 Å². The van der Waals surface area contributed by atoms with E-state index in [9.17, 15) is 13.6 Å². The Labute approximate surface area is 112 Å². The fraction of sp³-hybridized carbons (Fsp3) is 0.417. The summed E-state index contributed by atoms with van der Waals surface area (Å²) in [4.78, 5) is 13.2. The molecule has 0 radical (unpaired) electrons. The summed E-state index contributed by atoms with van der Waals surface area (Å²) in [7, 11) is 3.42. The fourth-order valence-corrected chi connectivity index (χ4v) is 1.39. The first-order valence-corrected chi connectivity index (χ1v) is 5.37. The normalized spacial score (nSPS) is 9.78. The highest BCUT2D eigenvalue weighted by molar-refractivity contribution is 5.85. The molecule has 0 saturated carbocycles. The molecule has 0 saturated heterocycles. The van der Waals surface area contributed by atoms with Crippen molar-refractivity contribution in [2.45, 2.75) is 6.42 Å². The molecule has 0 atom stereocenters. The fourth-order valence-electron chi connectivity index (χ4n) is 1.39. The zero-order valence-electron chi connectivity index (χ0n) is 10.4. The van der Waals surface area contributed by atoms with E-state index in [1.54, 1.807) is 14.1 Å². The van der Waals surface area contributed by atoms with Crippen molar-refractivity contribution in [3.63, 3.8) is 0 Å². The lowest BCUT2D eigenvalue weighted by Gasteiger charge is -2.17. The summed E-state index contributed by atoms with van der Waals surface area (Å²) < 4.78 is 26.2. The molecule has 1 aromatic rings. The van der Waals surface area contributed by atoms with E-state index in [0.29, 0.717) is 13.1 Å². The molecule has 0 heterocycles. The van der Waals surface area contributed by atoms with E-state index in [1.807, 2.05) is 0 Å². The minimum absolute atomic E-state index is 0. The Morgan fingerprint density at radius 1 is 1.39 bits per heavy atom. The lowest BCUT2D eigenvalue weighted by molar-refractivity contribution is -0.129. The third-order valence-corrected chi connectivity index (χ3v) is 2.50. The minimum Gasteiger partial charge on any atom is -0.344 e. The van der Waals surface area contributed by atoms with Gasteiger partial charge in [-0.05, 0) is 13.1 Å². The average molecular weight is 279 g/mol. The Kier molecular flexibility index (Phi) is 7.47. The number of nitrogens with zero attached hydrogens (tertiary/aromatic N) is 1. The van der Waals surface area contributed by atoms with Crippen molar-refractivity contribution in [1.29, 1.82) is 0 Å². The number of carbonyl (C=O) groups excluding carboxylic acids is 1. The number of amides is 1. The molecule has 0 fully saturated rings. The van der Waals surface area contributed by atoms with Gasteiger partial charge < -0.3 is 10.2 Å². The zero-order chi connectivity index (χ0) is 12.8. The SMILES string of the molecule is CNCCN(C)C(=O)Cc1cccc(F)c1F.Cl. The quantitative estimate of drug-likeness (QED) is 0.887. The lowest BCUT2D eigenvalue weighted by atomic mass is 10.1. The van der Waals surface area contributed by atoms with Crippen LogP contribution in [0.15, 0.2) is 18.2 Å². The molecule has 0 bridgehead atoms. The maximum atomic E-state index is 13.3. The van der Waals surface area contributed by atoms with Crippen molar-refractivity contribution in [2.75, 3.05) is 27.2 Å². The summed E-state index contributed by atoms with van der Waals surface area (Å²) in [5, 5.41) is 2.91. The van der Waals surface area contributed by atoms with Gasteiger partial charge in [0.05, 0.1) is 6.42 Å². The molecular weight excluding hydrogens is 262 g/mol. The first kappa shape index (κ1) is 16.8. The van der Waals surface area contributed by atoms with Crippen LogP contribution >= 0.6 is 12.4 Å². The lowest BCUT2D eigenvalue weighted by Crippen LogP contribution is -2.34. The molecule has 0 spiro atoms. The van der Waals surface area contributed by atoms with Crippen LogP contribution in [0.4, 0.5) is 8.78 Å². The number of nitrogens with one attached hydrogen (secondary N) is 1. The highest BCUT2D eigenvalue weighted by Gasteiger charge is 2.14. The standard InChI is InChI=1S/C12H16F2N2O.ClH/c1-15-6-7-16(2)11(17)8-9-4-3-5-10(13)12(9)14;/h3-5,15H,6-8H2,1-2H3;1H. The van der Waals surface area contributed by atoms with Crippen LogP contribution in [0.25, 0.3) is 0 Å². The maximum Gasteiger partial charge on any atom is 0.226 e. The van der Waals surface area contributed by atoms with E-state index < -0.39 is 11.6 Å². The highest BCUT2D eigenvalue weighted by Crippen LogP contribution is 2.12. The van der Waals surface area contributed by atoms with Gasteiger partial charge in [0, 0.05) is 25.7 Å². The Morgan fingerprint density at radius 3 is 2.67 bits per heavy atom. The summed E-state index contributed by atoms with van der Waals surface area (Å²) in [5.41, 5.74) is 0.0892. The first-order chi connectivity index (χ1) is 8.06. The smallest absolute Gasteiger partial charge is 0.226 e. The highest BCUT2D eigenvalue weighted by atomic mass is 35.5. The van der Waals surface area contributed by atoms with Gasteiger partial charge in [0.2, 0.25) is 5.91 Å². The van der Waals surface area contributed by atoms with Gasteiger partial charge in [-0.1, -0.05) is 12.1 Å². The van der Waals surface area contributed by atoms with E-state index in [2.05, 4.69) is 5.32 Å². The van der Waals surface area contributed by atoms with Crippen LogP contribution in [0, 0.1) is 11.6 Å². The summed E-state index contributed by atoms with van der Waals surface area (Å²) in [5.74, 6) is -2.10. The van der Waals surface area contributed by atoms with Crippen LogP contribution in [0.1, 0.15) is 5.56 Å². The van der Waals surface area contributed by atoms with Gasteiger partial charge in [-0.25, -0.2) is 8.78 Å². The predicted octanol–water partition coefficient (Wildman–Crippen LogP) is 1.61. The Morgan fingerprint density at radius 2 is 2.06 bits per heavy atom. The van der Waals surface area contributed by atoms with Crippen LogP contribution in [0.3, 0.4) is 0 Å². The summed E-state index contributed by atoms with van der Waals surface area (Å²) in [6.45, 7) is 1.19. The van der Waals surface area contributed by atoms with Gasteiger partial charge in [-0.15, -0.1) is 12.4 Å². The molecule has 0 aliphatic carbocycles. The second-order valence-corrected chi connectivity index (χ2v) is 3.81. The minimum atomic E-state index is -0.942. The van der Waals surface area contributed by atoms with E-state index in [4.69, 9.17) is 0 Å². The molecule has 0 aromatic heterocycles. The van der Waals surface area contributed by atoms with Crippen LogP contribution < -0.4 is 5.32 Å². The number of hydrogen-bond donors (Lipinski definition) is 1. The topological polar surface area (TPSA) is 32.3 Å². The zero-order valence-corrected chi connectivity index (χ0v) is 11.2. The molecule has 6 heteroatoms. The number of benzene rings is 1. The number of rotatable bonds is 5. The number of likely N-dealkylation sites (N-methyl/N-ethyl adjacent to an activating group) is 2. The monoisotopic (exact) mass is 278 g/mol. The molecule has 18 heavy (non-hydrogen) atoms. The molecule has 0 aliphatic rings. The average Bonchev–Trinajstić information content (AvgIpc) is 2.31. The van der Waals surface area contributed by atoms with E-state index in [0.717, 1.165) is 6.07 Å².